The molecule has 0 unspecified atom stereocenters. The van der Waals surface area contributed by atoms with Crippen LogP contribution in [0.15, 0.2) is 17.6 Å². The standard InChI is InChI=1S/C14H16ClN5OS/c1-9-8-22-14(18-9)20-4-2-19(3-5-20)13-11(15)6-10(7-17-13)12(16)21/h6-8H,2-5H2,1H3,(H2,16,21). The van der Waals surface area contributed by atoms with E-state index in [0.717, 1.165) is 37.0 Å². The Bertz CT molecular complexity index is 696. The van der Waals surface area contributed by atoms with Crippen LogP contribution in [-0.2, 0) is 0 Å². The molecule has 0 aromatic carbocycles. The number of thiazole rings is 1. The van der Waals surface area contributed by atoms with E-state index in [1.807, 2.05) is 6.92 Å². The second-order valence-corrected chi connectivity index (χ2v) is 6.38. The highest BCUT2D eigenvalue weighted by Crippen LogP contribution is 2.27. The van der Waals surface area contributed by atoms with Gasteiger partial charge < -0.3 is 15.5 Å². The fourth-order valence-corrected chi connectivity index (χ4v) is 3.54. The van der Waals surface area contributed by atoms with Gasteiger partial charge in [0, 0.05) is 37.8 Å². The van der Waals surface area contributed by atoms with E-state index in [-0.39, 0.29) is 0 Å². The highest BCUT2D eigenvalue weighted by Gasteiger charge is 2.22. The minimum absolute atomic E-state index is 0.325. The summed E-state index contributed by atoms with van der Waals surface area (Å²) >= 11 is 7.89. The number of aromatic nitrogens is 2. The van der Waals surface area contributed by atoms with Crippen molar-refractivity contribution < 1.29 is 4.79 Å². The Hall–Kier alpha value is -1.86. The van der Waals surface area contributed by atoms with Gasteiger partial charge >= 0.3 is 0 Å². The summed E-state index contributed by atoms with van der Waals surface area (Å²) < 4.78 is 0. The molecule has 3 heterocycles. The first-order valence-electron chi connectivity index (χ1n) is 6.92. The number of hydrogen-bond acceptors (Lipinski definition) is 6. The molecule has 2 N–H and O–H groups in total. The summed E-state index contributed by atoms with van der Waals surface area (Å²) in [7, 11) is 0. The molecule has 1 aliphatic heterocycles. The van der Waals surface area contributed by atoms with Crippen LogP contribution in [0.1, 0.15) is 16.1 Å². The first-order chi connectivity index (χ1) is 10.5. The first kappa shape index (κ1) is 15.1. The van der Waals surface area contributed by atoms with Crippen LogP contribution < -0.4 is 15.5 Å². The van der Waals surface area contributed by atoms with Crippen molar-refractivity contribution in [3.8, 4) is 0 Å². The molecule has 2 aromatic rings. The minimum Gasteiger partial charge on any atom is -0.366 e. The predicted molar refractivity (Wildman–Crippen MR) is 89.0 cm³/mol. The van der Waals surface area contributed by atoms with Crippen LogP contribution in [0.3, 0.4) is 0 Å². The number of aryl methyl sites for hydroxylation is 1. The van der Waals surface area contributed by atoms with Crippen LogP contribution >= 0.6 is 22.9 Å². The molecule has 1 amide bonds. The van der Waals surface area contributed by atoms with Crippen molar-refractivity contribution in [1.29, 1.82) is 0 Å². The number of piperazine rings is 1. The van der Waals surface area contributed by atoms with Crippen molar-refractivity contribution in [1.82, 2.24) is 9.97 Å². The van der Waals surface area contributed by atoms with Gasteiger partial charge in [-0.2, -0.15) is 0 Å². The number of hydrogen-bond donors (Lipinski definition) is 1. The average molecular weight is 338 g/mol. The van der Waals surface area contributed by atoms with Gasteiger partial charge in [-0.25, -0.2) is 9.97 Å². The molecule has 0 bridgehead atoms. The van der Waals surface area contributed by atoms with Crippen molar-refractivity contribution >= 4 is 39.8 Å². The highest BCUT2D eigenvalue weighted by molar-refractivity contribution is 7.13. The normalized spacial score (nSPS) is 15.2. The smallest absolute Gasteiger partial charge is 0.250 e. The molecule has 22 heavy (non-hydrogen) atoms. The molecule has 1 aliphatic rings. The SMILES string of the molecule is Cc1csc(N2CCN(c3ncc(C(N)=O)cc3Cl)CC2)n1. The summed E-state index contributed by atoms with van der Waals surface area (Å²) in [4.78, 5) is 24.3. The number of primary amides is 1. The van der Waals surface area contributed by atoms with E-state index in [1.54, 1.807) is 17.4 Å². The van der Waals surface area contributed by atoms with E-state index in [0.29, 0.717) is 16.4 Å². The third kappa shape index (κ3) is 3.00. The number of pyridine rings is 1. The van der Waals surface area contributed by atoms with Gasteiger partial charge in [-0.3, -0.25) is 4.79 Å². The Morgan fingerprint density at radius 2 is 2.00 bits per heavy atom. The van der Waals surface area contributed by atoms with Gasteiger partial charge in [-0.05, 0) is 13.0 Å². The number of carbonyl (C=O) groups excluding carboxylic acids is 1. The average Bonchev–Trinajstić information content (AvgIpc) is 2.94. The van der Waals surface area contributed by atoms with Crippen LogP contribution in [-0.4, -0.2) is 42.1 Å². The molecule has 0 atom stereocenters. The van der Waals surface area contributed by atoms with Crippen LogP contribution in [0.5, 0.6) is 0 Å². The summed E-state index contributed by atoms with van der Waals surface area (Å²) in [5.41, 5.74) is 6.61. The zero-order chi connectivity index (χ0) is 15.7. The number of nitrogens with two attached hydrogens (primary N) is 1. The Morgan fingerprint density at radius 1 is 1.32 bits per heavy atom. The van der Waals surface area contributed by atoms with Crippen LogP contribution in [0.4, 0.5) is 10.9 Å². The van der Waals surface area contributed by atoms with Gasteiger partial charge in [0.05, 0.1) is 16.3 Å². The van der Waals surface area contributed by atoms with Gasteiger partial charge in [-0.1, -0.05) is 11.6 Å². The molecule has 116 valence electrons. The van der Waals surface area contributed by atoms with E-state index in [9.17, 15) is 4.79 Å². The summed E-state index contributed by atoms with van der Waals surface area (Å²) in [5, 5.41) is 3.57. The van der Waals surface area contributed by atoms with Crippen LogP contribution in [0.25, 0.3) is 0 Å². The maximum absolute atomic E-state index is 11.1. The van der Waals surface area contributed by atoms with Crippen molar-refractivity contribution in [2.75, 3.05) is 36.0 Å². The summed E-state index contributed by atoms with van der Waals surface area (Å²) in [6.07, 6.45) is 1.47. The molecular weight excluding hydrogens is 322 g/mol. The van der Waals surface area contributed by atoms with Crippen molar-refractivity contribution in [2.24, 2.45) is 5.73 Å². The van der Waals surface area contributed by atoms with E-state index in [2.05, 4.69) is 25.1 Å². The summed E-state index contributed by atoms with van der Waals surface area (Å²) in [6.45, 7) is 5.34. The fraction of sp³-hybridized carbons (Fsp3) is 0.357. The van der Waals surface area contributed by atoms with Crippen molar-refractivity contribution in [2.45, 2.75) is 6.92 Å². The van der Waals surface area contributed by atoms with E-state index in [4.69, 9.17) is 17.3 Å². The summed E-state index contributed by atoms with van der Waals surface area (Å²) in [6, 6.07) is 1.57. The van der Waals surface area contributed by atoms with Gasteiger partial charge in [0.2, 0.25) is 5.91 Å². The number of anilines is 2. The minimum atomic E-state index is -0.523. The molecule has 8 heteroatoms. The number of halogens is 1. The Labute approximate surface area is 137 Å². The fourth-order valence-electron chi connectivity index (χ4n) is 2.39. The second-order valence-electron chi connectivity index (χ2n) is 5.14. The Kier molecular flexibility index (Phi) is 4.17. The highest BCUT2D eigenvalue weighted by atomic mass is 35.5. The van der Waals surface area contributed by atoms with Gasteiger partial charge in [0.1, 0.15) is 5.82 Å². The van der Waals surface area contributed by atoms with Crippen molar-refractivity contribution in [3.63, 3.8) is 0 Å². The van der Waals surface area contributed by atoms with Crippen molar-refractivity contribution in [3.05, 3.63) is 33.9 Å². The topological polar surface area (TPSA) is 75.3 Å². The molecule has 3 rings (SSSR count). The second kappa shape index (κ2) is 6.10. The maximum Gasteiger partial charge on any atom is 0.250 e. The summed E-state index contributed by atoms with van der Waals surface area (Å²) in [5.74, 6) is 0.173. The third-order valence-electron chi connectivity index (χ3n) is 3.56. The lowest BCUT2D eigenvalue weighted by molar-refractivity contribution is 0.1000. The van der Waals surface area contributed by atoms with E-state index in [1.165, 1.54) is 6.20 Å². The molecule has 2 aromatic heterocycles. The van der Waals surface area contributed by atoms with Gasteiger partial charge in [0.25, 0.3) is 0 Å². The van der Waals surface area contributed by atoms with Gasteiger partial charge in [-0.15, -0.1) is 11.3 Å². The van der Waals surface area contributed by atoms with Crippen LogP contribution in [0, 0.1) is 6.92 Å². The number of nitrogens with zero attached hydrogens (tertiary/aromatic N) is 4. The molecule has 6 nitrogen and oxygen atoms in total. The number of amides is 1. The molecule has 0 spiro atoms. The zero-order valence-corrected chi connectivity index (χ0v) is 13.7. The third-order valence-corrected chi connectivity index (χ3v) is 4.86. The first-order valence-corrected chi connectivity index (χ1v) is 8.18. The Morgan fingerprint density at radius 3 is 2.55 bits per heavy atom. The zero-order valence-electron chi connectivity index (χ0n) is 12.1. The number of carbonyl (C=O) groups is 1. The molecule has 1 saturated heterocycles. The van der Waals surface area contributed by atoms with E-state index < -0.39 is 5.91 Å². The van der Waals surface area contributed by atoms with Gasteiger partial charge in [0.15, 0.2) is 5.13 Å². The lowest BCUT2D eigenvalue weighted by Gasteiger charge is -2.35. The largest absolute Gasteiger partial charge is 0.366 e. The molecule has 1 fully saturated rings. The molecule has 0 radical (unpaired) electrons. The quantitative estimate of drug-likeness (QED) is 0.926. The molecular formula is C14H16ClN5OS. The Balaban J connectivity index is 1.70. The monoisotopic (exact) mass is 337 g/mol. The number of rotatable bonds is 3. The molecule has 0 aliphatic carbocycles. The predicted octanol–water partition coefficient (Wildman–Crippen LogP) is 1.93. The molecule has 0 saturated carbocycles. The lowest BCUT2D eigenvalue weighted by Crippen LogP contribution is -2.47. The lowest BCUT2D eigenvalue weighted by atomic mass is 10.2. The maximum atomic E-state index is 11.1. The van der Waals surface area contributed by atoms with E-state index >= 15 is 0 Å². The van der Waals surface area contributed by atoms with Crippen LogP contribution in [0.2, 0.25) is 5.02 Å².